The summed E-state index contributed by atoms with van der Waals surface area (Å²) in [6.45, 7) is -0.140. The average molecular weight is 362 g/mol. The first-order chi connectivity index (χ1) is 10.4. The molecule has 2 rings (SSSR count). The van der Waals surface area contributed by atoms with Crippen molar-refractivity contribution in [3.8, 4) is 0 Å². The Morgan fingerprint density at radius 3 is 2.57 bits per heavy atom. The van der Waals surface area contributed by atoms with E-state index in [1.54, 1.807) is 25.2 Å². The topological polar surface area (TPSA) is 92.5 Å². The normalized spacial score (nSPS) is 16.0. The van der Waals surface area contributed by atoms with E-state index in [4.69, 9.17) is 5.73 Å². The van der Waals surface area contributed by atoms with Gasteiger partial charge in [0.2, 0.25) is 15.9 Å². The van der Waals surface area contributed by atoms with Crippen LogP contribution in [0.25, 0.3) is 0 Å². The molecule has 0 saturated heterocycles. The maximum Gasteiger partial charge on any atom is 0.243 e. The van der Waals surface area contributed by atoms with Crippen LogP contribution in [0.15, 0.2) is 29.2 Å². The van der Waals surface area contributed by atoms with Crippen LogP contribution in [0.3, 0.4) is 0 Å². The van der Waals surface area contributed by atoms with Gasteiger partial charge in [-0.1, -0.05) is 25.3 Å². The van der Waals surface area contributed by atoms with Crippen molar-refractivity contribution in [2.45, 2.75) is 43.0 Å². The third kappa shape index (κ3) is 4.91. The van der Waals surface area contributed by atoms with Gasteiger partial charge < -0.3 is 11.1 Å². The molecule has 0 unspecified atom stereocenters. The molecule has 1 aliphatic rings. The number of halogens is 1. The van der Waals surface area contributed by atoms with Crippen molar-refractivity contribution in [2.75, 3.05) is 18.9 Å². The van der Waals surface area contributed by atoms with Crippen LogP contribution in [-0.2, 0) is 14.8 Å². The van der Waals surface area contributed by atoms with Gasteiger partial charge in [-0.3, -0.25) is 4.79 Å². The number of nitrogens with one attached hydrogen (secondary N) is 1. The summed E-state index contributed by atoms with van der Waals surface area (Å²) >= 11 is 0. The van der Waals surface area contributed by atoms with Gasteiger partial charge >= 0.3 is 0 Å². The Labute approximate surface area is 143 Å². The lowest BCUT2D eigenvalue weighted by Gasteiger charge is -2.30. The van der Waals surface area contributed by atoms with Crippen LogP contribution in [0.5, 0.6) is 0 Å². The van der Waals surface area contributed by atoms with Gasteiger partial charge in [0.25, 0.3) is 0 Å². The number of hydrogen-bond acceptors (Lipinski definition) is 4. The van der Waals surface area contributed by atoms with Gasteiger partial charge in [-0.25, -0.2) is 8.42 Å². The Balaban J connectivity index is 0.00000264. The predicted octanol–water partition coefficient (Wildman–Crippen LogP) is 1.96. The molecule has 1 saturated carbocycles. The number of nitrogens with zero attached hydrogens (tertiary/aromatic N) is 1. The Kier molecular flexibility index (Phi) is 7.47. The minimum absolute atomic E-state index is 0. The maximum absolute atomic E-state index is 12.7. The Bertz CT molecular complexity index is 631. The molecule has 0 radical (unpaired) electrons. The quantitative estimate of drug-likeness (QED) is 0.838. The summed E-state index contributed by atoms with van der Waals surface area (Å²) in [5.74, 6) is -0.352. The van der Waals surface area contributed by atoms with Crippen molar-refractivity contribution < 1.29 is 13.2 Å². The van der Waals surface area contributed by atoms with Gasteiger partial charge in [0, 0.05) is 18.8 Å². The zero-order valence-corrected chi connectivity index (χ0v) is 14.8. The van der Waals surface area contributed by atoms with Gasteiger partial charge in [0.15, 0.2) is 0 Å². The number of sulfonamides is 1. The van der Waals surface area contributed by atoms with E-state index >= 15 is 0 Å². The van der Waals surface area contributed by atoms with E-state index in [2.05, 4.69) is 5.32 Å². The lowest BCUT2D eigenvalue weighted by molar-refractivity contribution is -0.114. The molecule has 0 aromatic heterocycles. The van der Waals surface area contributed by atoms with Gasteiger partial charge in [-0.05, 0) is 31.0 Å². The molecule has 0 heterocycles. The maximum atomic E-state index is 12.7. The second-order valence-electron chi connectivity index (χ2n) is 5.59. The molecule has 0 bridgehead atoms. The molecule has 1 amide bonds. The highest BCUT2D eigenvalue weighted by Crippen LogP contribution is 2.27. The highest BCUT2D eigenvalue weighted by Gasteiger charge is 2.29. The molecule has 3 N–H and O–H groups in total. The summed E-state index contributed by atoms with van der Waals surface area (Å²) in [7, 11) is -1.92. The van der Waals surface area contributed by atoms with Crippen molar-refractivity contribution in [3.05, 3.63) is 24.3 Å². The SMILES string of the molecule is CN(C1CCCCC1)S(=O)(=O)c1cccc(NC(=O)CN)c1.Cl. The monoisotopic (exact) mass is 361 g/mol. The molecule has 1 aliphatic carbocycles. The standard InChI is InChI=1S/C15H23N3O3S.ClH/c1-18(13-7-3-2-4-8-13)22(20,21)14-9-5-6-12(10-14)17-15(19)11-16;/h5-6,9-10,13H,2-4,7-8,11,16H2,1H3,(H,17,19);1H. The number of carbonyl (C=O) groups is 1. The van der Waals surface area contributed by atoms with Crippen molar-refractivity contribution in [2.24, 2.45) is 5.73 Å². The molecule has 0 spiro atoms. The van der Waals surface area contributed by atoms with Gasteiger partial charge in [0.1, 0.15) is 0 Å². The Hall–Kier alpha value is -1.15. The number of anilines is 1. The fourth-order valence-electron chi connectivity index (χ4n) is 2.75. The summed E-state index contributed by atoms with van der Waals surface area (Å²) < 4.78 is 26.9. The van der Waals surface area contributed by atoms with E-state index in [1.807, 2.05) is 0 Å². The van der Waals surface area contributed by atoms with Crippen LogP contribution in [0.2, 0.25) is 0 Å². The zero-order valence-electron chi connectivity index (χ0n) is 13.2. The van der Waals surface area contributed by atoms with Crippen LogP contribution >= 0.6 is 12.4 Å². The van der Waals surface area contributed by atoms with Gasteiger partial charge in [0.05, 0.1) is 11.4 Å². The molecule has 0 atom stereocenters. The Morgan fingerprint density at radius 1 is 1.30 bits per heavy atom. The largest absolute Gasteiger partial charge is 0.325 e. The summed E-state index contributed by atoms with van der Waals surface area (Å²) in [6.07, 6.45) is 5.11. The van der Waals surface area contributed by atoms with Crippen LogP contribution in [0, 0.1) is 0 Å². The smallest absolute Gasteiger partial charge is 0.243 e. The first-order valence-electron chi connectivity index (χ1n) is 7.53. The van der Waals surface area contributed by atoms with E-state index in [0.29, 0.717) is 5.69 Å². The molecule has 23 heavy (non-hydrogen) atoms. The molecule has 130 valence electrons. The second-order valence-corrected chi connectivity index (χ2v) is 7.59. The number of nitrogens with two attached hydrogens (primary N) is 1. The summed E-state index contributed by atoms with van der Waals surface area (Å²) in [6, 6.07) is 6.34. The highest BCUT2D eigenvalue weighted by molar-refractivity contribution is 7.89. The van der Waals surface area contributed by atoms with Crippen molar-refractivity contribution in [1.29, 1.82) is 0 Å². The lowest BCUT2D eigenvalue weighted by Crippen LogP contribution is -2.38. The van der Waals surface area contributed by atoms with E-state index in [1.165, 1.54) is 16.8 Å². The zero-order chi connectivity index (χ0) is 16.2. The van der Waals surface area contributed by atoms with E-state index in [9.17, 15) is 13.2 Å². The van der Waals surface area contributed by atoms with Gasteiger partial charge in [-0.2, -0.15) is 4.31 Å². The second kappa shape index (κ2) is 8.63. The number of carbonyl (C=O) groups excluding carboxylic acids is 1. The van der Waals surface area contributed by atoms with Crippen LogP contribution in [-0.4, -0.2) is 38.3 Å². The van der Waals surface area contributed by atoms with Crippen molar-refractivity contribution in [1.82, 2.24) is 4.31 Å². The lowest BCUT2D eigenvalue weighted by atomic mass is 9.96. The van der Waals surface area contributed by atoms with E-state index < -0.39 is 10.0 Å². The fourth-order valence-corrected chi connectivity index (χ4v) is 4.22. The highest BCUT2D eigenvalue weighted by atomic mass is 35.5. The van der Waals surface area contributed by atoms with Gasteiger partial charge in [-0.15, -0.1) is 12.4 Å². The molecular weight excluding hydrogens is 338 g/mol. The van der Waals surface area contributed by atoms with Crippen molar-refractivity contribution >= 4 is 34.0 Å². The first kappa shape index (κ1) is 19.9. The third-order valence-corrected chi connectivity index (χ3v) is 5.98. The number of hydrogen-bond donors (Lipinski definition) is 2. The minimum atomic E-state index is -3.55. The molecule has 1 aromatic rings. The summed E-state index contributed by atoms with van der Waals surface area (Å²) in [4.78, 5) is 11.5. The fraction of sp³-hybridized carbons (Fsp3) is 0.533. The van der Waals surface area contributed by atoms with E-state index in [0.717, 1.165) is 25.7 Å². The predicted molar refractivity (Wildman–Crippen MR) is 93.2 cm³/mol. The van der Waals surface area contributed by atoms with Crippen molar-refractivity contribution in [3.63, 3.8) is 0 Å². The number of benzene rings is 1. The molecular formula is C15H24ClN3O3S. The van der Waals surface area contributed by atoms with Crippen LogP contribution in [0.1, 0.15) is 32.1 Å². The minimum Gasteiger partial charge on any atom is -0.325 e. The number of amides is 1. The van der Waals surface area contributed by atoms with Crippen LogP contribution in [0.4, 0.5) is 5.69 Å². The molecule has 6 nitrogen and oxygen atoms in total. The molecule has 1 aromatic carbocycles. The summed E-state index contributed by atoms with van der Waals surface area (Å²) in [5.41, 5.74) is 5.69. The first-order valence-corrected chi connectivity index (χ1v) is 8.97. The number of rotatable bonds is 5. The Morgan fingerprint density at radius 2 is 1.96 bits per heavy atom. The van der Waals surface area contributed by atoms with E-state index in [-0.39, 0.29) is 35.8 Å². The molecule has 0 aliphatic heterocycles. The van der Waals surface area contributed by atoms with Crippen LogP contribution < -0.4 is 11.1 Å². The molecule has 8 heteroatoms. The summed E-state index contributed by atoms with van der Waals surface area (Å²) in [5, 5.41) is 2.58. The molecule has 1 fully saturated rings. The average Bonchev–Trinajstić information content (AvgIpc) is 2.55. The third-order valence-electron chi connectivity index (χ3n) is 4.07.